The van der Waals surface area contributed by atoms with Gasteiger partial charge in [0.1, 0.15) is 0 Å². The molecule has 0 saturated carbocycles. The number of carbonyl (C=O) groups excluding carboxylic acids is 1. The molecule has 2 heterocycles. The molecule has 1 aliphatic rings. The molecule has 0 bridgehead atoms. The van der Waals surface area contributed by atoms with Gasteiger partial charge in [-0.15, -0.1) is 35.3 Å². The van der Waals surface area contributed by atoms with Gasteiger partial charge in [0.25, 0.3) is 0 Å². The molecule has 8 heteroatoms. The molecule has 0 saturated heterocycles. The second-order valence-corrected chi connectivity index (χ2v) is 9.01. The van der Waals surface area contributed by atoms with Crippen molar-refractivity contribution in [1.29, 1.82) is 0 Å². The maximum absolute atomic E-state index is 12.4. The van der Waals surface area contributed by atoms with Crippen molar-refractivity contribution < 1.29 is 4.79 Å². The Labute approximate surface area is 176 Å². The van der Waals surface area contributed by atoms with Crippen LogP contribution in [0.25, 0.3) is 0 Å². The molecule has 1 amide bonds. The third kappa shape index (κ3) is 6.97. The van der Waals surface area contributed by atoms with Gasteiger partial charge in [0, 0.05) is 49.3 Å². The number of nitrogens with zero attached hydrogens (tertiary/aromatic N) is 2. The predicted octanol–water partition coefficient (Wildman–Crippen LogP) is 2.95. The molecule has 1 aliphatic heterocycles. The van der Waals surface area contributed by atoms with E-state index in [4.69, 9.17) is 0 Å². The van der Waals surface area contributed by atoms with Crippen LogP contribution in [0, 0.1) is 0 Å². The number of fused-ring (bicyclic) bond motifs is 1. The van der Waals surface area contributed by atoms with Crippen LogP contribution in [0.5, 0.6) is 0 Å². The summed E-state index contributed by atoms with van der Waals surface area (Å²) in [7, 11) is 1.76. The van der Waals surface area contributed by atoms with Gasteiger partial charge in [0.05, 0.1) is 0 Å². The first-order valence-electron chi connectivity index (χ1n) is 8.28. The molecule has 0 aliphatic carbocycles. The first kappa shape index (κ1) is 22.6. The number of hydrogen-bond donors (Lipinski definition) is 2. The quantitative estimate of drug-likeness (QED) is 0.361. The number of thioether (sulfide) groups is 1. The SMILES string of the molecule is CN=C(NCCC(=O)N1CCc2sccc2C1)NCC(C)(C)SC.I. The smallest absolute Gasteiger partial charge is 0.224 e. The van der Waals surface area contributed by atoms with E-state index in [2.05, 4.69) is 47.2 Å². The van der Waals surface area contributed by atoms with E-state index in [1.165, 1.54) is 10.4 Å². The zero-order chi connectivity index (χ0) is 17.6. The number of halogens is 1. The Morgan fingerprint density at radius 3 is 2.88 bits per heavy atom. The van der Waals surface area contributed by atoms with Crippen molar-refractivity contribution in [1.82, 2.24) is 15.5 Å². The molecule has 0 atom stereocenters. The van der Waals surface area contributed by atoms with Crippen LogP contribution < -0.4 is 10.6 Å². The van der Waals surface area contributed by atoms with Gasteiger partial charge in [0.2, 0.25) is 5.91 Å². The van der Waals surface area contributed by atoms with Gasteiger partial charge in [-0.25, -0.2) is 0 Å². The number of carbonyl (C=O) groups is 1. The molecule has 0 spiro atoms. The van der Waals surface area contributed by atoms with Crippen molar-refractivity contribution in [2.75, 3.05) is 32.9 Å². The molecule has 0 fully saturated rings. The third-order valence-electron chi connectivity index (χ3n) is 4.25. The fourth-order valence-electron chi connectivity index (χ4n) is 2.50. The highest BCUT2D eigenvalue weighted by molar-refractivity contribution is 14.0. The van der Waals surface area contributed by atoms with E-state index >= 15 is 0 Å². The Morgan fingerprint density at radius 1 is 1.44 bits per heavy atom. The number of hydrogen-bond acceptors (Lipinski definition) is 4. The lowest BCUT2D eigenvalue weighted by atomic mass is 10.1. The largest absolute Gasteiger partial charge is 0.356 e. The highest BCUT2D eigenvalue weighted by Gasteiger charge is 2.21. The Hall–Kier alpha value is -0.480. The zero-order valence-corrected chi connectivity index (χ0v) is 19.4. The van der Waals surface area contributed by atoms with E-state index < -0.39 is 0 Å². The lowest BCUT2D eigenvalue weighted by Gasteiger charge is -2.27. The van der Waals surface area contributed by atoms with Crippen LogP contribution in [0.4, 0.5) is 0 Å². The fraction of sp³-hybridized carbons (Fsp3) is 0.647. The van der Waals surface area contributed by atoms with E-state index in [1.807, 2.05) is 16.7 Å². The average molecular weight is 496 g/mol. The summed E-state index contributed by atoms with van der Waals surface area (Å²) in [5, 5.41) is 8.67. The minimum Gasteiger partial charge on any atom is -0.356 e. The van der Waals surface area contributed by atoms with Crippen LogP contribution in [0.15, 0.2) is 16.4 Å². The van der Waals surface area contributed by atoms with Gasteiger partial charge in [-0.05, 0) is 43.5 Å². The molecule has 5 nitrogen and oxygen atoms in total. The summed E-state index contributed by atoms with van der Waals surface area (Å²) < 4.78 is 0.152. The summed E-state index contributed by atoms with van der Waals surface area (Å²) in [6.45, 7) is 7.40. The fourth-order valence-corrected chi connectivity index (χ4v) is 3.60. The second kappa shape index (κ2) is 10.6. The number of aliphatic imine (C=N–C) groups is 1. The summed E-state index contributed by atoms with van der Waals surface area (Å²) in [6.07, 6.45) is 3.58. The van der Waals surface area contributed by atoms with Crippen molar-refractivity contribution in [2.24, 2.45) is 4.99 Å². The number of thiophene rings is 1. The monoisotopic (exact) mass is 496 g/mol. The normalized spacial score (nSPS) is 14.6. The topological polar surface area (TPSA) is 56.7 Å². The molecule has 2 N–H and O–H groups in total. The lowest BCUT2D eigenvalue weighted by Crippen LogP contribution is -2.44. The van der Waals surface area contributed by atoms with E-state index in [0.29, 0.717) is 13.0 Å². The molecular formula is C17H29IN4OS2. The van der Waals surface area contributed by atoms with Crippen LogP contribution in [-0.4, -0.2) is 54.5 Å². The van der Waals surface area contributed by atoms with Gasteiger partial charge >= 0.3 is 0 Å². The van der Waals surface area contributed by atoms with E-state index in [0.717, 1.165) is 32.0 Å². The average Bonchev–Trinajstić information content (AvgIpc) is 3.05. The van der Waals surface area contributed by atoms with E-state index in [-0.39, 0.29) is 34.6 Å². The number of nitrogens with one attached hydrogen (secondary N) is 2. The Morgan fingerprint density at radius 2 is 2.20 bits per heavy atom. The summed E-state index contributed by atoms with van der Waals surface area (Å²) >= 11 is 3.61. The maximum Gasteiger partial charge on any atom is 0.224 e. The van der Waals surface area contributed by atoms with Crippen molar-refractivity contribution in [3.05, 3.63) is 21.9 Å². The van der Waals surface area contributed by atoms with Gasteiger partial charge in [-0.1, -0.05) is 0 Å². The zero-order valence-electron chi connectivity index (χ0n) is 15.4. The molecule has 25 heavy (non-hydrogen) atoms. The van der Waals surface area contributed by atoms with E-state index in [9.17, 15) is 4.79 Å². The lowest BCUT2D eigenvalue weighted by molar-refractivity contribution is -0.131. The minimum absolute atomic E-state index is 0. The number of guanidine groups is 1. The Kier molecular flexibility index (Phi) is 9.58. The van der Waals surface area contributed by atoms with Gasteiger partial charge in [0.15, 0.2) is 5.96 Å². The third-order valence-corrected chi connectivity index (χ3v) is 6.52. The Balaban J connectivity index is 0.00000312. The Bertz CT molecular complexity index is 589. The molecule has 2 rings (SSSR count). The highest BCUT2D eigenvalue weighted by atomic mass is 127. The predicted molar refractivity (Wildman–Crippen MR) is 120 cm³/mol. The maximum atomic E-state index is 12.4. The first-order chi connectivity index (χ1) is 11.4. The van der Waals surface area contributed by atoms with Crippen LogP contribution in [0.2, 0.25) is 0 Å². The van der Waals surface area contributed by atoms with Crippen LogP contribution in [0.1, 0.15) is 30.7 Å². The summed E-state index contributed by atoms with van der Waals surface area (Å²) in [6, 6.07) is 2.14. The molecule has 142 valence electrons. The molecular weight excluding hydrogens is 467 g/mol. The number of amides is 1. The number of rotatable bonds is 6. The van der Waals surface area contributed by atoms with E-state index in [1.54, 1.807) is 18.4 Å². The van der Waals surface area contributed by atoms with Gasteiger partial charge in [-0.2, -0.15) is 11.8 Å². The van der Waals surface area contributed by atoms with Crippen molar-refractivity contribution in [2.45, 2.75) is 38.0 Å². The molecule has 1 aromatic rings. The molecule has 0 aromatic carbocycles. The van der Waals surface area contributed by atoms with Gasteiger partial charge < -0.3 is 15.5 Å². The summed E-state index contributed by atoms with van der Waals surface area (Å²) in [4.78, 5) is 20.0. The van der Waals surface area contributed by atoms with Crippen molar-refractivity contribution in [3.63, 3.8) is 0 Å². The first-order valence-corrected chi connectivity index (χ1v) is 10.4. The summed E-state index contributed by atoms with van der Waals surface area (Å²) in [5.74, 6) is 0.961. The van der Waals surface area contributed by atoms with Crippen molar-refractivity contribution >= 4 is 58.9 Å². The van der Waals surface area contributed by atoms with Gasteiger partial charge in [-0.3, -0.25) is 9.79 Å². The van der Waals surface area contributed by atoms with Crippen LogP contribution >= 0.6 is 47.1 Å². The molecule has 1 aromatic heterocycles. The highest BCUT2D eigenvalue weighted by Crippen LogP contribution is 2.24. The second-order valence-electron chi connectivity index (χ2n) is 6.50. The van der Waals surface area contributed by atoms with Crippen LogP contribution in [0.3, 0.4) is 0 Å². The molecule has 0 radical (unpaired) electrons. The van der Waals surface area contributed by atoms with Crippen molar-refractivity contribution in [3.8, 4) is 0 Å². The van der Waals surface area contributed by atoms with Crippen LogP contribution in [-0.2, 0) is 17.8 Å². The molecule has 0 unspecified atom stereocenters. The minimum atomic E-state index is 0. The summed E-state index contributed by atoms with van der Waals surface area (Å²) in [5.41, 5.74) is 1.31. The standard InChI is InChI=1S/C17H28N4OS2.HI/c1-17(2,23-4)12-20-16(18-3)19-8-5-15(22)21-9-6-14-13(11-21)7-10-24-14;/h7,10H,5-6,8-9,11-12H2,1-4H3,(H2,18,19,20);1H.